The van der Waals surface area contributed by atoms with E-state index in [9.17, 15) is 14.0 Å². The Hall–Kier alpha value is -3.79. The van der Waals surface area contributed by atoms with Gasteiger partial charge in [0.05, 0.1) is 44.1 Å². The van der Waals surface area contributed by atoms with Gasteiger partial charge in [-0.3, -0.25) is 4.79 Å². The summed E-state index contributed by atoms with van der Waals surface area (Å²) in [6.45, 7) is 5.61. The number of aliphatic imine (C=N–C) groups is 1. The van der Waals surface area contributed by atoms with Crippen molar-refractivity contribution in [2.24, 2.45) is 4.99 Å². The van der Waals surface area contributed by atoms with Crippen molar-refractivity contribution in [2.75, 3.05) is 14.2 Å². The van der Waals surface area contributed by atoms with Crippen LogP contribution in [0.5, 0.6) is 11.5 Å². The van der Waals surface area contributed by atoms with E-state index in [0.717, 1.165) is 5.56 Å². The van der Waals surface area contributed by atoms with Crippen LogP contribution in [0, 0.1) is 5.82 Å². The zero-order valence-electron chi connectivity index (χ0n) is 21.9. The summed E-state index contributed by atoms with van der Waals surface area (Å²) in [5.41, 5.74) is 3.01. The maximum Gasteiger partial charge on any atom is 0.338 e. The van der Waals surface area contributed by atoms with E-state index >= 15 is 0 Å². The van der Waals surface area contributed by atoms with Crippen molar-refractivity contribution in [3.63, 3.8) is 0 Å². The van der Waals surface area contributed by atoms with Crippen LogP contribution in [-0.2, 0) is 20.9 Å². The van der Waals surface area contributed by atoms with Gasteiger partial charge in [-0.25, -0.2) is 14.2 Å². The van der Waals surface area contributed by atoms with Gasteiger partial charge in [0.25, 0.3) is 0 Å². The first kappa shape index (κ1) is 27.3. The van der Waals surface area contributed by atoms with Crippen molar-refractivity contribution < 1.29 is 28.2 Å². The Labute approximate surface area is 225 Å². The largest absolute Gasteiger partial charge is 0.493 e. The number of methoxy groups -OCH3 is 2. The minimum atomic E-state index is -0.662. The lowest BCUT2D eigenvalue weighted by atomic mass is 9.92. The maximum atomic E-state index is 13.4. The lowest BCUT2D eigenvalue weighted by molar-refractivity contribution is -0.143. The topological polar surface area (TPSA) is 89.5 Å². The van der Waals surface area contributed by atoms with Crippen molar-refractivity contribution in [2.45, 2.75) is 45.9 Å². The Morgan fingerprint density at radius 3 is 2.53 bits per heavy atom. The van der Waals surface area contributed by atoms with E-state index in [0.29, 0.717) is 39.2 Å². The normalized spacial score (nSPS) is 16.6. The lowest BCUT2D eigenvalue weighted by Crippen LogP contribution is -2.38. The van der Waals surface area contributed by atoms with Crippen LogP contribution >= 0.6 is 11.8 Å². The number of ether oxygens (including phenoxy) is 3. The molecule has 200 valence electrons. The molecule has 1 amide bonds. The number of amidine groups is 1. The number of fused-ring (bicyclic) bond motifs is 1. The molecule has 0 aliphatic carbocycles. The summed E-state index contributed by atoms with van der Waals surface area (Å²) in [7, 11) is 3.09. The first-order chi connectivity index (χ1) is 18.2. The monoisotopic (exact) mass is 539 g/mol. The number of benzene rings is 2. The summed E-state index contributed by atoms with van der Waals surface area (Å²) >= 11 is 1.38. The number of thioether (sulfide) groups is 1. The van der Waals surface area contributed by atoms with Crippen molar-refractivity contribution in [3.8, 4) is 11.5 Å². The molecule has 10 heteroatoms. The number of rotatable bonds is 9. The molecule has 2 aliphatic heterocycles. The third-order valence-electron chi connectivity index (χ3n) is 6.04. The van der Waals surface area contributed by atoms with Gasteiger partial charge in [0.15, 0.2) is 16.7 Å². The van der Waals surface area contributed by atoms with E-state index in [1.807, 2.05) is 22.4 Å². The number of carbonyl (C=O) groups excluding carboxylic acids is 2. The molecule has 0 saturated carbocycles. The number of allylic oxidation sites excluding steroid dienone is 1. The van der Waals surface area contributed by atoms with Crippen LogP contribution in [0.3, 0.4) is 0 Å². The smallest absolute Gasteiger partial charge is 0.338 e. The Morgan fingerprint density at radius 1 is 1.13 bits per heavy atom. The third-order valence-corrected chi connectivity index (χ3v) is 6.92. The average molecular weight is 540 g/mol. The Morgan fingerprint density at radius 2 is 1.87 bits per heavy atom. The molecule has 1 N–H and O–H groups in total. The highest BCUT2D eigenvalue weighted by Gasteiger charge is 2.43. The molecular formula is C28H30FN3O5S. The Balaban J connectivity index is 1.68. The highest BCUT2D eigenvalue weighted by molar-refractivity contribution is 8.16. The second-order valence-corrected chi connectivity index (χ2v) is 9.85. The number of hydrogen-bond acceptors (Lipinski definition) is 8. The summed E-state index contributed by atoms with van der Waals surface area (Å²) in [5.74, 6) is -0.0681. The van der Waals surface area contributed by atoms with Crippen LogP contribution in [0.25, 0.3) is 0 Å². The van der Waals surface area contributed by atoms with Gasteiger partial charge in [-0.2, -0.15) is 0 Å². The van der Waals surface area contributed by atoms with E-state index in [-0.39, 0.29) is 30.8 Å². The van der Waals surface area contributed by atoms with Gasteiger partial charge < -0.3 is 24.4 Å². The van der Waals surface area contributed by atoms with Crippen LogP contribution in [0.4, 0.5) is 4.39 Å². The molecule has 38 heavy (non-hydrogen) atoms. The first-order valence-corrected chi connectivity index (χ1v) is 13.0. The average Bonchev–Trinajstić information content (AvgIpc) is 3.28. The minimum absolute atomic E-state index is 0.0432. The quantitative estimate of drug-likeness (QED) is 0.445. The molecule has 0 fully saturated rings. The van der Waals surface area contributed by atoms with Gasteiger partial charge in [-0.15, -0.1) is 0 Å². The SMILES string of the molecule is COc1cccc(C2C(C(=O)OC(C)C)=C(C)N=C3SC=C(CC(=O)NCc4ccc(F)cc4)N32)c1OC. The number of halogens is 1. The van der Waals surface area contributed by atoms with Crippen molar-refractivity contribution in [1.82, 2.24) is 10.2 Å². The van der Waals surface area contributed by atoms with E-state index < -0.39 is 12.0 Å². The molecule has 0 aromatic heterocycles. The molecule has 2 aliphatic rings. The second-order valence-electron chi connectivity index (χ2n) is 9.01. The lowest BCUT2D eigenvalue weighted by Gasteiger charge is -2.37. The molecular weight excluding hydrogens is 509 g/mol. The van der Waals surface area contributed by atoms with Gasteiger partial charge in [0.1, 0.15) is 5.82 Å². The Kier molecular flexibility index (Phi) is 8.41. The van der Waals surface area contributed by atoms with Gasteiger partial charge in [0, 0.05) is 17.8 Å². The number of nitrogens with one attached hydrogen (secondary N) is 1. The third kappa shape index (κ3) is 5.70. The fourth-order valence-corrected chi connectivity index (χ4v) is 5.32. The summed E-state index contributed by atoms with van der Waals surface area (Å²) in [4.78, 5) is 32.9. The number of para-hydroxylation sites is 1. The first-order valence-electron chi connectivity index (χ1n) is 12.1. The van der Waals surface area contributed by atoms with Gasteiger partial charge in [-0.05, 0) is 49.9 Å². The van der Waals surface area contributed by atoms with E-state index in [1.165, 1.54) is 23.9 Å². The van der Waals surface area contributed by atoms with E-state index in [1.54, 1.807) is 53.2 Å². The number of amides is 1. The molecule has 8 nitrogen and oxygen atoms in total. The van der Waals surface area contributed by atoms with Crippen molar-refractivity contribution in [1.29, 1.82) is 0 Å². The van der Waals surface area contributed by atoms with Crippen molar-refractivity contribution in [3.05, 3.63) is 81.8 Å². The number of esters is 1. The summed E-state index contributed by atoms with van der Waals surface area (Å²) in [5, 5.41) is 5.38. The minimum Gasteiger partial charge on any atom is -0.493 e. The predicted molar refractivity (Wildman–Crippen MR) is 144 cm³/mol. The molecule has 0 saturated heterocycles. The fraction of sp³-hybridized carbons (Fsp3) is 0.321. The highest BCUT2D eigenvalue weighted by atomic mass is 32.2. The Bertz CT molecular complexity index is 1320. The number of carbonyl (C=O) groups is 2. The van der Waals surface area contributed by atoms with Crippen LogP contribution in [0.15, 0.2) is 69.8 Å². The molecule has 0 radical (unpaired) electrons. The van der Waals surface area contributed by atoms with Crippen LogP contribution in [0.1, 0.15) is 44.4 Å². The molecule has 4 rings (SSSR count). The second kappa shape index (κ2) is 11.7. The number of nitrogens with zero attached hydrogens (tertiary/aromatic N) is 2. The molecule has 1 unspecified atom stereocenters. The summed E-state index contributed by atoms with van der Waals surface area (Å²) in [6.07, 6.45) is -0.289. The van der Waals surface area contributed by atoms with Gasteiger partial charge in [-0.1, -0.05) is 36.0 Å². The zero-order valence-corrected chi connectivity index (χ0v) is 22.7. The van der Waals surface area contributed by atoms with E-state index in [4.69, 9.17) is 14.2 Å². The highest BCUT2D eigenvalue weighted by Crippen LogP contribution is 2.48. The van der Waals surface area contributed by atoms with Crippen LogP contribution < -0.4 is 14.8 Å². The molecule has 2 heterocycles. The van der Waals surface area contributed by atoms with Gasteiger partial charge in [0.2, 0.25) is 5.91 Å². The van der Waals surface area contributed by atoms with Crippen molar-refractivity contribution >= 4 is 28.8 Å². The fourth-order valence-electron chi connectivity index (χ4n) is 4.36. The molecule has 2 aromatic rings. The molecule has 0 spiro atoms. The molecule has 2 aromatic carbocycles. The van der Waals surface area contributed by atoms with Crippen LogP contribution in [-0.4, -0.2) is 42.3 Å². The molecule has 1 atom stereocenters. The maximum absolute atomic E-state index is 13.4. The van der Waals surface area contributed by atoms with Crippen LogP contribution in [0.2, 0.25) is 0 Å². The predicted octanol–water partition coefficient (Wildman–Crippen LogP) is 5.08. The standard InChI is InChI=1S/C28H30FN3O5S/c1-16(2)37-27(34)24-17(3)31-28-32(25(24)21-7-6-8-22(35-4)26(21)36-5)20(15-38-28)13-23(33)30-14-18-9-11-19(29)12-10-18/h6-12,15-16,25H,13-14H2,1-5H3,(H,30,33). The zero-order chi connectivity index (χ0) is 27.4. The summed E-state index contributed by atoms with van der Waals surface area (Å²) in [6, 6.07) is 10.8. The van der Waals surface area contributed by atoms with Gasteiger partial charge >= 0.3 is 5.97 Å². The summed E-state index contributed by atoms with van der Waals surface area (Å²) < 4.78 is 30.1. The van der Waals surface area contributed by atoms with E-state index in [2.05, 4.69) is 10.3 Å². The molecule has 0 bridgehead atoms. The number of hydrogen-bond donors (Lipinski definition) is 1.